The molecule has 3 aromatic rings. The first kappa shape index (κ1) is 19.7. The fraction of sp³-hybridized carbons (Fsp3) is 0.174. The molecule has 2 unspecified atom stereocenters. The van der Waals surface area contributed by atoms with Crippen LogP contribution in [0.25, 0.3) is 0 Å². The third-order valence-corrected chi connectivity index (χ3v) is 5.16. The van der Waals surface area contributed by atoms with E-state index < -0.39 is 35.6 Å². The molecule has 1 aliphatic heterocycles. The fourth-order valence-corrected chi connectivity index (χ4v) is 3.66. The summed E-state index contributed by atoms with van der Waals surface area (Å²) in [6.07, 6.45) is 1.57. The van der Waals surface area contributed by atoms with E-state index in [4.69, 9.17) is 4.74 Å². The normalized spacial score (nSPS) is 16.9. The van der Waals surface area contributed by atoms with Gasteiger partial charge in [-0.3, -0.25) is 9.78 Å². The Balaban J connectivity index is 1.67. The van der Waals surface area contributed by atoms with Crippen molar-refractivity contribution in [3.8, 4) is 0 Å². The quantitative estimate of drug-likeness (QED) is 0.619. The average Bonchev–Trinajstić information content (AvgIpc) is 3.15. The monoisotopic (exact) mass is 408 g/mol. The molecule has 1 aromatic heterocycles. The van der Waals surface area contributed by atoms with E-state index in [9.17, 15) is 18.4 Å². The molecule has 1 saturated heterocycles. The van der Waals surface area contributed by atoms with E-state index in [2.05, 4.69) is 4.98 Å². The molecule has 1 fully saturated rings. The Bertz CT molecular complexity index is 1060. The van der Waals surface area contributed by atoms with Crippen molar-refractivity contribution in [3.05, 3.63) is 101 Å². The molecule has 0 radical (unpaired) electrons. The number of nitrogens with zero attached hydrogens (tertiary/aromatic N) is 2. The molecule has 0 N–H and O–H groups in total. The topological polar surface area (TPSA) is 59.5 Å². The molecular formula is C23H18F2N2O3. The molecule has 5 nitrogen and oxygen atoms in total. The summed E-state index contributed by atoms with van der Waals surface area (Å²) in [7, 11) is 0. The number of carbonyl (C=O) groups is 2. The highest BCUT2D eigenvalue weighted by Gasteiger charge is 2.39. The predicted octanol–water partition coefficient (Wildman–Crippen LogP) is 4.60. The minimum absolute atomic E-state index is 0.0550. The van der Waals surface area contributed by atoms with E-state index in [1.54, 1.807) is 0 Å². The molecule has 2 aromatic carbocycles. The van der Waals surface area contributed by atoms with Crippen molar-refractivity contribution in [2.24, 2.45) is 0 Å². The number of hydrogen-bond donors (Lipinski definition) is 0. The van der Waals surface area contributed by atoms with Crippen molar-refractivity contribution in [3.63, 3.8) is 0 Å². The minimum Gasteiger partial charge on any atom is -0.446 e. The van der Waals surface area contributed by atoms with Gasteiger partial charge in [-0.05, 0) is 34.9 Å². The molecule has 4 rings (SSSR count). The molecule has 152 valence electrons. The summed E-state index contributed by atoms with van der Waals surface area (Å²) >= 11 is 0. The van der Waals surface area contributed by atoms with Crippen LogP contribution in [0.3, 0.4) is 0 Å². The molecule has 1 aliphatic rings. The number of hydrogen-bond acceptors (Lipinski definition) is 4. The van der Waals surface area contributed by atoms with E-state index in [0.717, 1.165) is 16.7 Å². The number of aromatic nitrogens is 1. The van der Waals surface area contributed by atoms with Crippen molar-refractivity contribution in [2.75, 3.05) is 6.61 Å². The number of cyclic esters (lactones) is 1. The van der Waals surface area contributed by atoms with Gasteiger partial charge < -0.3 is 4.74 Å². The first-order valence-electron chi connectivity index (χ1n) is 9.43. The van der Waals surface area contributed by atoms with Gasteiger partial charge in [0.15, 0.2) is 0 Å². The van der Waals surface area contributed by atoms with Gasteiger partial charge in [-0.1, -0.05) is 42.5 Å². The second-order valence-electron chi connectivity index (χ2n) is 6.97. The third kappa shape index (κ3) is 3.91. The molecule has 7 heteroatoms. The van der Waals surface area contributed by atoms with Crippen LogP contribution in [-0.2, 0) is 9.53 Å². The largest absolute Gasteiger partial charge is 0.446 e. The third-order valence-electron chi connectivity index (χ3n) is 5.16. The van der Waals surface area contributed by atoms with Gasteiger partial charge in [0.25, 0.3) is 0 Å². The predicted molar refractivity (Wildman–Crippen MR) is 104 cm³/mol. The molecular weight excluding hydrogens is 390 g/mol. The summed E-state index contributed by atoms with van der Waals surface area (Å²) in [4.78, 5) is 30.3. The molecule has 2 heterocycles. The highest BCUT2D eigenvalue weighted by atomic mass is 19.1. The van der Waals surface area contributed by atoms with E-state index in [1.807, 2.05) is 30.3 Å². The lowest BCUT2D eigenvalue weighted by atomic mass is 9.88. The lowest BCUT2D eigenvalue weighted by molar-refractivity contribution is -0.129. The summed E-state index contributed by atoms with van der Waals surface area (Å²) < 4.78 is 33.0. The molecule has 30 heavy (non-hydrogen) atoms. The minimum atomic E-state index is -0.734. The molecule has 0 bridgehead atoms. The van der Waals surface area contributed by atoms with Crippen molar-refractivity contribution in [2.45, 2.75) is 18.4 Å². The second kappa shape index (κ2) is 8.41. The van der Waals surface area contributed by atoms with Crippen LogP contribution in [0.15, 0.2) is 73.1 Å². The smallest absolute Gasteiger partial charge is 0.417 e. The maximum Gasteiger partial charge on any atom is 0.417 e. The summed E-state index contributed by atoms with van der Waals surface area (Å²) in [6.45, 7) is 0.0550. The number of benzene rings is 2. The molecule has 2 atom stereocenters. The maximum absolute atomic E-state index is 14.5. The summed E-state index contributed by atoms with van der Waals surface area (Å²) in [5.74, 6) is -2.24. The van der Waals surface area contributed by atoms with Gasteiger partial charge >= 0.3 is 6.09 Å². The first-order valence-corrected chi connectivity index (χ1v) is 9.43. The van der Waals surface area contributed by atoms with Crippen LogP contribution in [0.5, 0.6) is 0 Å². The number of halogens is 2. The number of amides is 2. The number of ether oxygens (including phenoxy) is 1. The number of imide groups is 1. The zero-order valence-electron chi connectivity index (χ0n) is 15.9. The van der Waals surface area contributed by atoms with Crippen LogP contribution < -0.4 is 0 Å². The Hall–Kier alpha value is -3.61. The van der Waals surface area contributed by atoms with Crippen LogP contribution >= 0.6 is 0 Å². The van der Waals surface area contributed by atoms with Gasteiger partial charge in [-0.2, -0.15) is 0 Å². The Morgan fingerprint density at radius 2 is 1.83 bits per heavy atom. The van der Waals surface area contributed by atoms with Gasteiger partial charge in [0.05, 0.1) is 6.20 Å². The Morgan fingerprint density at radius 3 is 2.53 bits per heavy atom. The molecule has 0 saturated carbocycles. The van der Waals surface area contributed by atoms with E-state index in [0.29, 0.717) is 5.56 Å². The maximum atomic E-state index is 14.5. The lowest BCUT2D eigenvalue weighted by Gasteiger charge is -2.24. The van der Waals surface area contributed by atoms with Crippen molar-refractivity contribution in [1.29, 1.82) is 0 Å². The molecule has 0 aliphatic carbocycles. The van der Waals surface area contributed by atoms with E-state index in [-0.39, 0.29) is 18.6 Å². The number of rotatable bonds is 5. The van der Waals surface area contributed by atoms with Crippen LogP contribution in [-0.4, -0.2) is 28.5 Å². The van der Waals surface area contributed by atoms with Gasteiger partial charge in [-0.15, -0.1) is 0 Å². The molecule has 2 amide bonds. The van der Waals surface area contributed by atoms with Crippen molar-refractivity contribution < 1.29 is 23.1 Å². The highest BCUT2D eigenvalue weighted by molar-refractivity contribution is 5.94. The standard InChI is InChI=1S/C23H18F2N2O3/c24-17-8-6-15(7-9-17)19(18-10-11-26-13-20(18)25)12-22(28)27-21(14-30-23(27)29)16-4-2-1-3-5-16/h1-11,13,19,21H,12,14H2. The summed E-state index contributed by atoms with van der Waals surface area (Å²) in [6, 6.07) is 15.5. The van der Waals surface area contributed by atoms with Gasteiger partial charge in [0.2, 0.25) is 5.91 Å². The van der Waals surface area contributed by atoms with Crippen LogP contribution in [0.4, 0.5) is 13.6 Å². The van der Waals surface area contributed by atoms with Gasteiger partial charge in [0, 0.05) is 18.5 Å². The van der Waals surface area contributed by atoms with Crippen LogP contribution in [0, 0.1) is 11.6 Å². The first-order chi connectivity index (χ1) is 14.5. The average molecular weight is 408 g/mol. The van der Waals surface area contributed by atoms with Crippen molar-refractivity contribution in [1.82, 2.24) is 9.88 Å². The van der Waals surface area contributed by atoms with E-state index in [1.165, 1.54) is 36.5 Å². The number of carbonyl (C=O) groups excluding carboxylic acids is 2. The zero-order valence-corrected chi connectivity index (χ0v) is 15.9. The summed E-state index contributed by atoms with van der Waals surface area (Å²) in [5.41, 5.74) is 1.57. The lowest BCUT2D eigenvalue weighted by Crippen LogP contribution is -2.35. The fourth-order valence-electron chi connectivity index (χ4n) is 3.66. The summed E-state index contributed by atoms with van der Waals surface area (Å²) in [5, 5.41) is 0. The Labute approximate surface area is 171 Å². The Kier molecular flexibility index (Phi) is 5.52. The van der Waals surface area contributed by atoms with Gasteiger partial charge in [-0.25, -0.2) is 18.5 Å². The van der Waals surface area contributed by atoms with Crippen LogP contribution in [0.2, 0.25) is 0 Å². The van der Waals surface area contributed by atoms with Crippen LogP contribution in [0.1, 0.15) is 35.1 Å². The Morgan fingerprint density at radius 1 is 1.10 bits per heavy atom. The molecule has 0 spiro atoms. The highest BCUT2D eigenvalue weighted by Crippen LogP contribution is 2.34. The second-order valence-corrected chi connectivity index (χ2v) is 6.97. The van der Waals surface area contributed by atoms with E-state index >= 15 is 0 Å². The van der Waals surface area contributed by atoms with Gasteiger partial charge in [0.1, 0.15) is 24.3 Å². The number of pyridine rings is 1. The van der Waals surface area contributed by atoms with Crippen molar-refractivity contribution >= 4 is 12.0 Å². The SMILES string of the molecule is O=C(CC(c1ccc(F)cc1)c1ccncc1F)N1C(=O)OCC1c1ccccc1. The zero-order chi connectivity index (χ0) is 21.1.